The Morgan fingerprint density at radius 1 is 1.00 bits per heavy atom. The van der Waals surface area contributed by atoms with Crippen LogP contribution in [0.5, 0.6) is 0 Å². The molecule has 4 heteroatoms. The second-order valence-electron chi connectivity index (χ2n) is 5.37. The maximum Gasteiger partial charge on any atom is 0.253 e. The molecular weight excluding hydrogens is 262 g/mol. The molecule has 0 fully saturated rings. The van der Waals surface area contributed by atoms with E-state index < -0.39 is 0 Å². The Labute approximate surface area is 125 Å². The summed E-state index contributed by atoms with van der Waals surface area (Å²) in [5, 5.41) is 0. The minimum Gasteiger partial charge on any atom is -0.397 e. The van der Waals surface area contributed by atoms with Gasteiger partial charge in [0.15, 0.2) is 0 Å². The molecule has 21 heavy (non-hydrogen) atoms. The van der Waals surface area contributed by atoms with Gasteiger partial charge in [0.1, 0.15) is 0 Å². The molecule has 0 bridgehead atoms. The van der Waals surface area contributed by atoms with Crippen LogP contribution in [0.2, 0.25) is 0 Å². The summed E-state index contributed by atoms with van der Waals surface area (Å²) in [5.74, 6) is -0.0337. The molecule has 0 radical (unpaired) electrons. The van der Waals surface area contributed by atoms with Crippen molar-refractivity contribution in [1.29, 1.82) is 0 Å². The highest BCUT2D eigenvalue weighted by atomic mass is 16.2. The van der Waals surface area contributed by atoms with Gasteiger partial charge in [-0.15, -0.1) is 0 Å². The van der Waals surface area contributed by atoms with Crippen LogP contribution in [0.4, 0.5) is 17.1 Å². The van der Waals surface area contributed by atoms with Gasteiger partial charge in [-0.25, -0.2) is 0 Å². The first-order chi connectivity index (χ1) is 9.90. The van der Waals surface area contributed by atoms with Crippen molar-refractivity contribution in [2.24, 2.45) is 0 Å². The van der Waals surface area contributed by atoms with Gasteiger partial charge >= 0.3 is 0 Å². The van der Waals surface area contributed by atoms with Crippen molar-refractivity contribution in [2.75, 3.05) is 31.8 Å². The molecule has 0 saturated carbocycles. The molecule has 2 aromatic carbocycles. The highest BCUT2D eigenvalue weighted by molar-refractivity contribution is 5.96. The number of hydrogen-bond donors (Lipinski definition) is 1. The van der Waals surface area contributed by atoms with Crippen molar-refractivity contribution in [3.63, 3.8) is 0 Å². The van der Waals surface area contributed by atoms with Crippen LogP contribution in [-0.2, 0) is 0 Å². The summed E-state index contributed by atoms with van der Waals surface area (Å²) >= 11 is 0. The topological polar surface area (TPSA) is 49.6 Å². The fourth-order valence-electron chi connectivity index (χ4n) is 2.13. The highest BCUT2D eigenvalue weighted by Gasteiger charge is 2.13. The lowest BCUT2D eigenvalue weighted by Crippen LogP contribution is -2.22. The first kappa shape index (κ1) is 14.9. The molecule has 2 aromatic rings. The van der Waals surface area contributed by atoms with Crippen LogP contribution in [-0.4, -0.2) is 32.0 Å². The zero-order valence-corrected chi connectivity index (χ0v) is 12.9. The van der Waals surface area contributed by atoms with Crippen molar-refractivity contribution < 1.29 is 4.79 Å². The van der Waals surface area contributed by atoms with Gasteiger partial charge in [0, 0.05) is 32.4 Å². The number of rotatable bonds is 3. The van der Waals surface area contributed by atoms with Crippen molar-refractivity contribution >= 4 is 23.0 Å². The van der Waals surface area contributed by atoms with E-state index in [2.05, 4.69) is 19.1 Å². The predicted molar refractivity (Wildman–Crippen MR) is 88.1 cm³/mol. The van der Waals surface area contributed by atoms with Crippen LogP contribution in [0, 0.1) is 6.92 Å². The van der Waals surface area contributed by atoms with Crippen LogP contribution in [0.25, 0.3) is 0 Å². The average molecular weight is 283 g/mol. The zero-order chi connectivity index (χ0) is 15.6. The predicted octanol–water partition coefficient (Wildman–Crippen LogP) is 3.05. The molecule has 2 N–H and O–H groups in total. The van der Waals surface area contributed by atoms with Gasteiger partial charge in [0.2, 0.25) is 0 Å². The molecule has 4 nitrogen and oxygen atoms in total. The average Bonchev–Trinajstić information content (AvgIpc) is 2.47. The third kappa shape index (κ3) is 3.16. The van der Waals surface area contributed by atoms with E-state index in [1.165, 1.54) is 5.56 Å². The fraction of sp³-hybridized carbons (Fsp3) is 0.235. The van der Waals surface area contributed by atoms with Gasteiger partial charge in [-0.1, -0.05) is 17.7 Å². The summed E-state index contributed by atoms with van der Waals surface area (Å²) in [6.07, 6.45) is 0. The summed E-state index contributed by atoms with van der Waals surface area (Å²) < 4.78 is 0. The first-order valence-corrected chi connectivity index (χ1v) is 6.81. The van der Waals surface area contributed by atoms with Gasteiger partial charge in [-0.2, -0.15) is 0 Å². The molecule has 0 aliphatic rings. The molecule has 0 aromatic heterocycles. The summed E-state index contributed by atoms with van der Waals surface area (Å²) in [6, 6.07) is 13.5. The van der Waals surface area contributed by atoms with Gasteiger partial charge in [0.25, 0.3) is 5.91 Å². The maximum atomic E-state index is 12.1. The van der Waals surface area contributed by atoms with Gasteiger partial charge in [-0.3, -0.25) is 4.79 Å². The normalized spacial score (nSPS) is 10.3. The number of benzene rings is 2. The standard InChI is InChI=1S/C17H21N3O/c1-12-5-8-14(9-6-12)20(4)16-11-13(7-10-15(16)18)17(21)19(2)3/h5-11H,18H2,1-4H3. The second kappa shape index (κ2) is 5.87. The molecule has 0 aliphatic carbocycles. The molecule has 0 heterocycles. The van der Waals surface area contributed by atoms with Crippen LogP contribution in [0.15, 0.2) is 42.5 Å². The Morgan fingerprint density at radius 2 is 1.62 bits per heavy atom. The number of nitrogen functional groups attached to an aromatic ring is 1. The minimum absolute atomic E-state index is 0.0337. The van der Waals surface area contributed by atoms with Crippen LogP contribution >= 0.6 is 0 Å². The Balaban J connectivity index is 2.40. The molecule has 0 saturated heterocycles. The second-order valence-corrected chi connectivity index (χ2v) is 5.37. The molecule has 0 unspecified atom stereocenters. The molecule has 2 rings (SSSR count). The van der Waals surface area contributed by atoms with E-state index in [4.69, 9.17) is 5.73 Å². The third-order valence-corrected chi connectivity index (χ3v) is 3.47. The summed E-state index contributed by atoms with van der Waals surface area (Å²) in [6.45, 7) is 2.05. The Morgan fingerprint density at radius 3 is 2.19 bits per heavy atom. The van der Waals surface area contributed by atoms with Crippen LogP contribution in [0.3, 0.4) is 0 Å². The maximum absolute atomic E-state index is 12.1. The van der Waals surface area contributed by atoms with Crippen LogP contribution < -0.4 is 10.6 Å². The SMILES string of the molecule is Cc1ccc(N(C)c2cc(C(=O)N(C)C)ccc2N)cc1. The molecular formula is C17H21N3O. The van der Waals surface area contributed by atoms with Crippen molar-refractivity contribution in [1.82, 2.24) is 4.90 Å². The number of nitrogens with two attached hydrogens (primary N) is 1. The zero-order valence-electron chi connectivity index (χ0n) is 12.9. The molecule has 0 atom stereocenters. The van der Waals surface area contributed by atoms with Crippen LogP contribution in [0.1, 0.15) is 15.9 Å². The summed E-state index contributed by atoms with van der Waals surface area (Å²) in [4.78, 5) is 15.6. The number of nitrogens with zero attached hydrogens (tertiary/aromatic N) is 2. The first-order valence-electron chi connectivity index (χ1n) is 6.81. The summed E-state index contributed by atoms with van der Waals surface area (Å²) in [5.41, 5.74) is 10.4. The fourth-order valence-corrected chi connectivity index (χ4v) is 2.13. The van der Waals surface area contributed by atoms with E-state index in [1.807, 2.05) is 30.1 Å². The monoisotopic (exact) mass is 283 g/mol. The number of hydrogen-bond acceptors (Lipinski definition) is 3. The van der Waals surface area contributed by atoms with E-state index >= 15 is 0 Å². The minimum atomic E-state index is -0.0337. The van der Waals surface area contributed by atoms with E-state index in [1.54, 1.807) is 31.1 Å². The number of anilines is 3. The number of carbonyl (C=O) groups excluding carboxylic acids is 1. The van der Waals surface area contributed by atoms with E-state index in [0.29, 0.717) is 11.3 Å². The molecule has 0 spiro atoms. The van der Waals surface area contributed by atoms with Crippen molar-refractivity contribution in [3.8, 4) is 0 Å². The largest absolute Gasteiger partial charge is 0.397 e. The lowest BCUT2D eigenvalue weighted by Gasteiger charge is -2.22. The van der Waals surface area contributed by atoms with Gasteiger partial charge < -0.3 is 15.5 Å². The smallest absolute Gasteiger partial charge is 0.253 e. The highest BCUT2D eigenvalue weighted by Crippen LogP contribution is 2.30. The lowest BCUT2D eigenvalue weighted by atomic mass is 10.1. The van der Waals surface area contributed by atoms with Gasteiger partial charge in [0.05, 0.1) is 11.4 Å². The van der Waals surface area contributed by atoms with E-state index in [0.717, 1.165) is 11.4 Å². The molecule has 0 aliphatic heterocycles. The van der Waals surface area contributed by atoms with E-state index in [9.17, 15) is 4.79 Å². The molecule has 1 amide bonds. The Bertz CT molecular complexity index is 648. The van der Waals surface area contributed by atoms with Crippen molar-refractivity contribution in [2.45, 2.75) is 6.92 Å². The van der Waals surface area contributed by atoms with Crippen molar-refractivity contribution in [3.05, 3.63) is 53.6 Å². The number of carbonyl (C=O) groups is 1. The van der Waals surface area contributed by atoms with E-state index in [-0.39, 0.29) is 5.91 Å². The Hall–Kier alpha value is -2.49. The summed E-state index contributed by atoms with van der Waals surface area (Å²) in [7, 11) is 5.42. The number of aryl methyl sites for hydroxylation is 1. The third-order valence-electron chi connectivity index (χ3n) is 3.47. The van der Waals surface area contributed by atoms with Gasteiger partial charge in [-0.05, 0) is 37.3 Å². The lowest BCUT2D eigenvalue weighted by molar-refractivity contribution is 0.0827. The molecule has 110 valence electrons. The quantitative estimate of drug-likeness (QED) is 0.881. The Kier molecular flexibility index (Phi) is 4.17. The number of amides is 1.